The number of aliphatic hydroxyl groups is 1. The summed E-state index contributed by atoms with van der Waals surface area (Å²) in [6.07, 6.45) is 0.215. The fourth-order valence-corrected chi connectivity index (χ4v) is 2.73. The van der Waals surface area contributed by atoms with Crippen LogP contribution >= 0.6 is 11.3 Å². The molecule has 0 aliphatic rings. The van der Waals surface area contributed by atoms with Crippen LogP contribution in [0.1, 0.15) is 17.4 Å². The van der Waals surface area contributed by atoms with Crippen LogP contribution < -0.4 is 0 Å². The van der Waals surface area contributed by atoms with Crippen LogP contribution in [0.3, 0.4) is 0 Å². The molecule has 0 fully saturated rings. The molecule has 0 aliphatic carbocycles. The maximum atomic E-state index is 12.1. The zero-order valence-electron chi connectivity index (χ0n) is 10.7. The van der Waals surface area contributed by atoms with E-state index in [1.807, 2.05) is 41.8 Å². The van der Waals surface area contributed by atoms with Crippen LogP contribution in [0.4, 0.5) is 0 Å². The van der Waals surface area contributed by atoms with Crippen molar-refractivity contribution < 1.29 is 14.6 Å². The van der Waals surface area contributed by atoms with E-state index in [0.717, 1.165) is 5.56 Å². The molecule has 0 amide bonds. The molecule has 0 spiro atoms. The predicted octanol–water partition coefficient (Wildman–Crippen LogP) is 2.74. The Morgan fingerprint density at radius 1 is 1.26 bits per heavy atom. The number of carbonyl (C=O) groups excluding carboxylic acids is 1. The summed E-state index contributed by atoms with van der Waals surface area (Å²) >= 11 is 1.35. The predicted molar refractivity (Wildman–Crippen MR) is 75.0 cm³/mol. The third-order valence-electron chi connectivity index (χ3n) is 2.84. The standard InChI is InChI=1S/C15H16O3S/c1-2-18-14(16)15(17,13-9-6-10-19-13)11-12-7-4-3-5-8-12/h3-10,17H,2,11H2,1H3. The highest BCUT2D eigenvalue weighted by Crippen LogP contribution is 2.31. The normalized spacial score (nSPS) is 13.8. The van der Waals surface area contributed by atoms with Gasteiger partial charge in [0, 0.05) is 11.3 Å². The lowest BCUT2D eigenvalue weighted by molar-refractivity contribution is -0.165. The first-order valence-corrected chi connectivity index (χ1v) is 7.02. The molecule has 100 valence electrons. The molecule has 2 rings (SSSR count). The Hall–Kier alpha value is -1.65. The molecule has 0 saturated carbocycles. The van der Waals surface area contributed by atoms with Gasteiger partial charge in [0.1, 0.15) is 0 Å². The molecule has 4 heteroatoms. The van der Waals surface area contributed by atoms with Crippen molar-refractivity contribution in [2.24, 2.45) is 0 Å². The molecule has 0 saturated heterocycles. The molecule has 19 heavy (non-hydrogen) atoms. The maximum absolute atomic E-state index is 12.1. The van der Waals surface area contributed by atoms with Gasteiger partial charge < -0.3 is 9.84 Å². The average molecular weight is 276 g/mol. The Bertz CT molecular complexity index is 522. The fourth-order valence-electron chi connectivity index (χ4n) is 1.92. The summed E-state index contributed by atoms with van der Waals surface area (Å²) in [5.74, 6) is -0.596. The zero-order valence-corrected chi connectivity index (χ0v) is 11.5. The minimum Gasteiger partial charge on any atom is -0.464 e. The number of rotatable bonds is 5. The number of ether oxygens (including phenoxy) is 1. The van der Waals surface area contributed by atoms with Gasteiger partial charge in [-0.25, -0.2) is 4.79 Å². The van der Waals surface area contributed by atoms with Gasteiger partial charge in [0.25, 0.3) is 0 Å². The monoisotopic (exact) mass is 276 g/mol. The number of thiophene rings is 1. The third kappa shape index (κ3) is 3.03. The fraction of sp³-hybridized carbons (Fsp3) is 0.267. The SMILES string of the molecule is CCOC(=O)C(O)(Cc1ccccc1)c1cccs1. The molecule has 0 aliphatic heterocycles. The summed E-state index contributed by atoms with van der Waals surface area (Å²) in [5.41, 5.74) is -0.711. The van der Waals surface area contributed by atoms with Gasteiger partial charge in [-0.15, -0.1) is 11.3 Å². The van der Waals surface area contributed by atoms with Crippen molar-refractivity contribution >= 4 is 17.3 Å². The first kappa shape index (κ1) is 13.8. The first-order chi connectivity index (χ1) is 9.16. The molecule has 1 aromatic carbocycles. The molecule has 0 radical (unpaired) electrons. The zero-order chi connectivity index (χ0) is 13.7. The Labute approximate surface area is 116 Å². The van der Waals surface area contributed by atoms with Gasteiger partial charge in [0.05, 0.1) is 6.61 Å². The Kier molecular flexibility index (Phi) is 4.35. The van der Waals surface area contributed by atoms with E-state index in [4.69, 9.17) is 4.74 Å². The van der Waals surface area contributed by atoms with E-state index < -0.39 is 11.6 Å². The number of hydrogen-bond donors (Lipinski definition) is 1. The van der Waals surface area contributed by atoms with Crippen LogP contribution in [0.5, 0.6) is 0 Å². The van der Waals surface area contributed by atoms with Gasteiger partial charge in [-0.1, -0.05) is 36.4 Å². The smallest absolute Gasteiger partial charge is 0.344 e. The van der Waals surface area contributed by atoms with E-state index in [2.05, 4.69) is 0 Å². The summed E-state index contributed by atoms with van der Waals surface area (Å²) in [7, 11) is 0. The van der Waals surface area contributed by atoms with Crippen LogP contribution in [0.2, 0.25) is 0 Å². The van der Waals surface area contributed by atoms with Gasteiger partial charge in [0.2, 0.25) is 5.60 Å². The minimum atomic E-state index is -1.61. The Balaban J connectivity index is 2.32. The van der Waals surface area contributed by atoms with E-state index in [0.29, 0.717) is 4.88 Å². The number of benzene rings is 1. The average Bonchev–Trinajstić information content (AvgIpc) is 2.94. The number of esters is 1. The van der Waals surface area contributed by atoms with E-state index in [-0.39, 0.29) is 13.0 Å². The second kappa shape index (κ2) is 5.99. The molecule has 1 N–H and O–H groups in total. The van der Waals surface area contributed by atoms with Gasteiger partial charge in [-0.05, 0) is 23.9 Å². The summed E-state index contributed by atoms with van der Waals surface area (Å²) < 4.78 is 5.02. The maximum Gasteiger partial charge on any atom is 0.344 e. The topological polar surface area (TPSA) is 46.5 Å². The third-order valence-corrected chi connectivity index (χ3v) is 3.87. The first-order valence-electron chi connectivity index (χ1n) is 6.14. The van der Waals surface area contributed by atoms with Crippen molar-refractivity contribution in [2.45, 2.75) is 18.9 Å². The molecule has 1 unspecified atom stereocenters. The second-order valence-electron chi connectivity index (χ2n) is 4.22. The van der Waals surface area contributed by atoms with E-state index in [1.165, 1.54) is 11.3 Å². The van der Waals surface area contributed by atoms with E-state index in [9.17, 15) is 9.90 Å². The highest BCUT2D eigenvalue weighted by molar-refractivity contribution is 7.10. The summed E-state index contributed by atoms with van der Waals surface area (Å²) in [6.45, 7) is 1.98. The van der Waals surface area contributed by atoms with Crippen LogP contribution in [0.25, 0.3) is 0 Å². The van der Waals surface area contributed by atoms with Crippen molar-refractivity contribution in [1.82, 2.24) is 0 Å². The molecule has 3 nitrogen and oxygen atoms in total. The quantitative estimate of drug-likeness (QED) is 0.854. The lowest BCUT2D eigenvalue weighted by Gasteiger charge is -2.24. The molecule has 2 aromatic rings. The lowest BCUT2D eigenvalue weighted by Crippen LogP contribution is -2.38. The molecular weight excluding hydrogens is 260 g/mol. The summed E-state index contributed by atoms with van der Waals surface area (Å²) in [5, 5.41) is 12.6. The Morgan fingerprint density at radius 2 is 2.00 bits per heavy atom. The number of hydrogen-bond acceptors (Lipinski definition) is 4. The van der Waals surface area contributed by atoms with Crippen LogP contribution in [0.15, 0.2) is 47.8 Å². The highest BCUT2D eigenvalue weighted by atomic mass is 32.1. The van der Waals surface area contributed by atoms with Crippen molar-refractivity contribution in [3.63, 3.8) is 0 Å². The Morgan fingerprint density at radius 3 is 2.58 bits per heavy atom. The van der Waals surface area contributed by atoms with Crippen molar-refractivity contribution in [1.29, 1.82) is 0 Å². The molecule has 1 aromatic heterocycles. The van der Waals surface area contributed by atoms with Crippen LogP contribution in [-0.4, -0.2) is 17.7 Å². The van der Waals surface area contributed by atoms with Crippen LogP contribution in [0, 0.1) is 0 Å². The number of carbonyl (C=O) groups is 1. The lowest BCUT2D eigenvalue weighted by atomic mass is 9.93. The molecule has 1 atom stereocenters. The van der Waals surface area contributed by atoms with Crippen molar-refractivity contribution in [3.05, 3.63) is 58.3 Å². The molecule has 1 heterocycles. The van der Waals surface area contributed by atoms with E-state index >= 15 is 0 Å². The highest BCUT2D eigenvalue weighted by Gasteiger charge is 2.40. The van der Waals surface area contributed by atoms with Crippen molar-refractivity contribution in [2.75, 3.05) is 6.61 Å². The minimum absolute atomic E-state index is 0.215. The van der Waals surface area contributed by atoms with E-state index in [1.54, 1.807) is 13.0 Å². The van der Waals surface area contributed by atoms with Gasteiger partial charge in [0.15, 0.2) is 0 Å². The molecular formula is C15H16O3S. The molecule has 0 bridgehead atoms. The van der Waals surface area contributed by atoms with Gasteiger partial charge in [-0.2, -0.15) is 0 Å². The largest absolute Gasteiger partial charge is 0.464 e. The summed E-state index contributed by atoms with van der Waals surface area (Å²) in [4.78, 5) is 12.7. The van der Waals surface area contributed by atoms with Gasteiger partial charge >= 0.3 is 5.97 Å². The summed E-state index contributed by atoms with van der Waals surface area (Å²) in [6, 6.07) is 13.0. The second-order valence-corrected chi connectivity index (χ2v) is 5.17. The van der Waals surface area contributed by atoms with Crippen LogP contribution in [-0.2, 0) is 21.6 Å². The van der Waals surface area contributed by atoms with Gasteiger partial charge in [-0.3, -0.25) is 0 Å². The van der Waals surface area contributed by atoms with Crippen molar-refractivity contribution in [3.8, 4) is 0 Å².